The van der Waals surface area contributed by atoms with Gasteiger partial charge in [-0.2, -0.15) is 0 Å². The molecule has 8 heavy (non-hydrogen) atoms. The van der Waals surface area contributed by atoms with Gasteiger partial charge >= 0.3 is 0 Å². The van der Waals surface area contributed by atoms with Gasteiger partial charge in [0.05, 0.1) is 5.51 Å². The SMILES string of the molecule is c1ncc([C]2CC2)s1. The molecule has 1 nitrogen and oxygen atoms in total. The standard InChI is InChI=1S/C6H6NS/c1-2-5(1)6-3-7-4-8-6/h3-4H,1-2H2. The Hall–Kier alpha value is -0.370. The highest BCUT2D eigenvalue weighted by molar-refractivity contribution is 7.10. The van der Waals surface area contributed by atoms with Gasteiger partial charge in [-0.15, -0.1) is 11.3 Å². The second-order valence-corrected chi connectivity index (χ2v) is 2.86. The summed E-state index contributed by atoms with van der Waals surface area (Å²) in [5.41, 5.74) is 1.89. The molecule has 1 heterocycles. The number of hydrogen-bond donors (Lipinski definition) is 0. The normalized spacial score (nSPS) is 19.0. The van der Waals surface area contributed by atoms with Crippen molar-refractivity contribution in [3.05, 3.63) is 22.5 Å². The zero-order valence-electron chi connectivity index (χ0n) is 4.42. The molecule has 1 aliphatic rings. The first-order valence-electron chi connectivity index (χ1n) is 2.70. The van der Waals surface area contributed by atoms with Crippen molar-refractivity contribution in [2.75, 3.05) is 0 Å². The Morgan fingerprint density at radius 2 is 2.38 bits per heavy atom. The van der Waals surface area contributed by atoms with E-state index in [0.29, 0.717) is 0 Å². The molecular weight excluding hydrogens is 118 g/mol. The lowest BCUT2D eigenvalue weighted by Gasteiger charge is -1.79. The average molecular weight is 124 g/mol. The van der Waals surface area contributed by atoms with E-state index >= 15 is 0 Å². The lowest BCUT2D eigenvalue weighted by Crippen LogP contribution is -1.65. The Kier molecular flexibility index (Phi) is 0.875. The number of nitrogens with zero attached hydrogens (tertiary/aromatic N) is 1. The fourth-order valence-electron chi connectivity index (χ4n) is 0.699. The third kappa shape index (κ3) is 0.650. The molecular formula is C6H6NS. The number of hydrogen-bond acceptors (Lipinski definition) is 2. The molecule has 1 saturated carbocycles. The predicted octanol–water partition coefficient (Wildman–Crippen LogP) is 1.86. The van der Waals surface area contributed by atoms with Gasteiger partial charge in [-0.3, -0.25) is 4.98 Å². The van der Waals surface area contributed by atoms with Gasteiger partial charge in [-0.25, -0.2) is 0 Å². The molecule has 1 radical (unpaired) electrons. The minimum absolute atomic E-state index is 1.31. The highest BCUT2D eigenvalue weighted by atomic mass is 32.1. The Bertz CT molecular complexity index is 165. The van der Waals surface area contributed by atoms with Crippen molar-refractivity contribution < 1.29 is 0 Å². The maximum absolute atomic E-state index is 3.98. The number of rotatable bonds is 1. The Labute approximate surface area is 52.4 Å². The minimum atomic E-state index is 1.31. The summed E-state index contributed by atoms with van der Waals surface area (Å²) < 4.78 is 0. The average Bonchev–Trinajstić information content (AvgIpc) is 2.49. The van der Waals surface area contributed by atoms with Crippen molar-refractivity contribution in [3.8, 4) is 0 Å². The minimum Gasteiger partial charge on any atom is -0.253 e. The molecule has 0 atom stereocenters. The van der Waals surface area contributed by atoms with Gasteiger partial charge < -0.3 is 0 Å². The topological polar surface area (TPSA) is 12.9 Å². The second-order valence-electron chi connectivity index (χ2n) is 1.97. The van der Waals surface area contributed by atoms with Crippen LogP contribution in [-0.2, 0) is 0 Å². The largest absolute Gasteiger partial charge is 0.253 e. The summed E-state index contributed by atoms with van der Waals surface area (Å²) >= 11 is 1.75. The molecule has 1 aliphatic carbocycles. The maximum atomic E-state index is 3.98. The number of aromatic nitrogens is 1. The van der Waals surface area contributed by atoms with Crippen molar-refractivity contribution in [1.29, 1.82) is 0 Å². The summed E-state index contributed by atoms with van der Waals surface area (Å²) in [6.07, 6.45) is 4.57. The van der Waals surface area contributed by atoms with Crippen LogP contribution < -0.4 is 0 Å². The van der Waals surface area contributed by atoms with Crippen LogP contribution in [0.4, 0.5) is 0 Å². The maximum Gasteiger partial charge on any atom is 0.0794 e. The predicted molar refractivity (Wildman–Crippen MR) is 33.7 cm³/mol. The van der Waals surface area contributed by atoms with Gasteiger partial charge in [0.2, 0.25) is 0 Å². The number of thiazole rings is 1. The van der Waals surface area contributed by atoms with Gasteiger partial charge in [-0.05, 0) is 12.8 Å². The molecule has 0 aliphatic heterocycles. The fraction of sp³-hybridized carbons (Fsp3) is 0.333. The summed E-state index contributed by atoms with van der Waals surface area (Å²) in [6.45, 7) is 0. The first kappa shape index (κ1) is 4.50. The van der Waals surface area contributed by atoms with Gasteiger partial charge in [0.25, 0.3) is 0 Å². The molecule has 1 fully saturated rings. The summed E-state index contributed by atoms with van der Waals surface area (Å²) in [7, 11) is 0. The molecule has 2 heteroatoms. The van der Waals surface area contributed by atoms with Crippen molar-refractivity contribution in [2.45, 2.75) is 12.8 Å². The van der Waals surface area contributed by atoms with E-state index < -0.39 is 0 Å². The fourth-order valence-corrected chi connectivity index (χ4v) is 1.43. The summed E-state index contributed by atoms with van der Waals surface area (Å²) in [5.74, 6) is 1.59. The molecule has 2 rings (SSSR count). The van der Waals surface area contributed by atoms with E-state index in [0.717, 1.165) is 0 Å². The monoisotopic (exact) mass is 124 g/mol. The molecule has 1 aromatic rings. The first-order valence-corrected chi connectivity index (χ1v) is 3.58. The van der Waals surface area contributed by atoms with E-state index in [2.05, 4.69) is 4.98 Å². The van der Waals surface area contributed by atoms with Gasteiger partial charge in [0, 0.05) is 17.0 Å². The molecule has 0 amide bonds. The van der Waals surface area contributed by atoms with Gasteiger partial charge in [0.1, 0.15) is 0 Å². The van der Waals surface area contributed by atoms with E-state index in [9.17, 15) is 0 Å². The van der Waals surface area contributed by atoms with Crippen molar-refractivity contribution in [1.82, 2.24) is 4.98 Å². The van der Waals surface area contributed by atoms with Crippen molar-refractivity contribution in [3.63, 3.8) is 0 Å². The smallest absolute Gasteiger partial charge is 0.0794 e. The van der Waals surface area contributed by atoms with E-state index in [1.807, 2.05) is 11.7 Å². The van der Waals surface area contributed by atoms with Crippen LogP contribution in [0.25, 0.3) is 0 Å². The highest BCUT2D eigenvalue weighted by Gasteiger charge is 2.25. The van der Waals surface area contributed by atoms with Crippen LogP contribution in [-0.4, -0.2) is 4.98 Å². The van der Waals surface area contributed by atoms with Crippen LogP contribution in [0.3, 0.4) is 0 Å². The lowest BCUT2D eigenvalue weighted by atomic mass is 10.4. The third-order valence-electron chi connectivity index (χ3n) is 1.28. The van der Waals surface area contributed by atoms with Crippen LogP contribution in [0.1, 0.15) is 17.7 Å². The van der Waals surface area contributed by atoms with Crippen molar-refractivity contribution in [2.24, 2.45) is 0 Å². The summed E-state index contributed by atoms with van der Waals surface area (Å²) in [5, 5.41) is 0. The zero-order chi connectivity index (χ0) is 5.40. The molecule has 0 N–H and O–H groups in total. The molecule has 0 saturated heterocycles. The van der Waals surface area contributed by atoms with Crippen LogP contribution in [0, 0.1) is 5.92 Å². The molecule has 0 aromatic carbocycles. The zero-order valence-corrected chi connectivity index (χ0v) is 5.24. The Morgan fingerprint density at radius 1 is 1.50 bits per heavy atom. The van der Waals surface area contributed by atoms with E-state index in [4.69, 9.17) is 0 Å². The molecule has 41 valence electrons. The molecule has 0 unspecified atom stereocenters. The Morgan fingerprint density at radius 3 is 2.88 bits per heavy atom. The summed E-state index contributed by atoms with van der Waals surface area (Å²) in [4.78, 5) is 5.37. The van der Waals surface area contributed by atoms with Crippen LogP contribution in [0.15, 0.2) is 11.7 Å². The van der Waals surface area contributed by atoms with E-state index in [-0.39, 0.29) is 0 Å². The van der Waals surface area contributed by atoms with Crippen LogP contribution in [0.2, 0.25) is 0 Å². The van der Waals surface area contributed by atoms with Crippen LogP contribution >= 0.6 is 11.3 Å². The van der Waals surface area contributed by atoms with Crippen LogP contribution in [0.5, 0.6) is 0 Å². The molecule has 1 aromatic heterocycles. The lowest BCUT2D eigenvalue weighted by molar-refractivity contribution is 1.37. The highest BCUT2D eigenvalue weighted by Crippen LogP contribution is 2.40. The molecule has 0 bridgehead atoms. The summed E-state index contributed by atoms with van der Waals surface area (Å²) in [6, 6.07) is 0. The third-order valence-corrected chi connectivity index (χ3v) is 2.16. The first-order chi connectivity index (χ1) is 3.97. The van der Waals surface area contributed by atoms with E-state index in [1.165, 1.54) is 17.7 Å². The van der Waals surface area contributed by atoms with Gasteiger partial charge in [-0.1, -0.05) is 0 Å². The molecule has 0 spiro atoms. The van der Waals surface area contributed by atoms with E-state index in [1.54, 1.807) is 17.3 Å². The van der Waals surface area contributed by atoms with Gasteiger partial charge in [0.15, 0.2) is 0 Å². The second kappa shape index (κ2) is 1.55. The Balaban J connectivity index is 2.28. The van der Waals surface area contributed by atoms with Crippen molar-refractivity contribution >= 4 is 11.3 Å². The quantitative estimate of drug-likeness (QED) is 0.557.